The van der Waals surface area contributed by atoms with E-state index in [2.05, 4.69) is 10.4 Å². The van der Waals surface area contributed by atoms with Gasteiger partial charge in [0.15, 0.2) is 5.11 Å². The zero-order valence-corrected chi connectivity index (χ0v) is 16.2. The Hall–Kier alpha value is -1.60. The van der Waals surface area contributed by atoms with Crippen LogP contribution in [-0.4, -0.2) is 49.9 Å². The van der Waals surface area contributed by atoms with E-state index in [1.165, 1.54) is 12.8 Å². The molecule has 1 saturated heterocycles. The molecular formula is C17H24ClN5OS. The lowest BCUT2D eigenvalue weighted by molar-refractivity contribution is -0.133. The van der Waals surface area contributed by atoms with Crippen LogP contribution in [0.4, 0.5) is 0 Å². The fraction of sp³-hybridized carbons (Fsp3) is 0.588. The highest BCUT2D eigenvalue weighted by Gasteiger charge is 2.29. The lowest BCUT2D eigenvalue weighted by Crippen LogP contribution is -2.50. The van der Waals surface area contributed by atoms with Gasteiger partial charge in [-0.1, -0.05) is 24.4 Å². The molecule has 1 saturated carbocycles. The summed E-state index contributed by atoms with van der Waals surface area (Å²) in [4.78, 5) is 12.6. The Morgan fingerprint density at radius 3 is 2.60 bits per heavy atom. The molecule has 2 heterocycles. The third-order valence-electron chi connectivity index (χ3n) is 4.79. The summed E-state index contributed by atoms with van der Waals surface area (Å²) in [5, 5.41) is 12.4. The maximum Gasteiger partial charge on any atom is 0.265 e. The van der Waals surface area contributed by atoms with Crippen molar-refractivity contribution in [2.45, 2.75) is 45.1 Å². The predicted molar refractivity (Wildman–Crippen MR) is 103 cm³/mol. The van der Waals surface area contributed by atoms with E-state index in [1.54, 1.807) is 28.9 Å². The SMILES string of the molecule is Cc1nn(C)c(Cl)c1C=CC(=O)N1CCCN1C(=S)NC1CCCC1. The standard InChI is InChI=1S/C17H24ClN5OS/c1-12-14(16(18)21(2)20-12)8-9-15(24)22-10-5-11-23(22)17(25)19-13-6-3-4-7-13/h8-9,13H,3-7,10-11H2,1-2H3,(H,19,25). The number of amides is 1. The monoisotopic (exact) mass is 381 g/mol. The Balaban J connectivity index is 1.65. The van der Waals surface area contributed by atoms with Crippen molar-refractivity contribution in [3.05, 3.63) is 22.5 Å². The molecule has 0 bridgehead atoms. The summed E-state index contributed by atoms with van der Waals surface area (Å²) in [7, 11) is 1.78. The molecule has 1 N–H and O–H groups in total. The van der Waals surface area contributed by atoms with E-state index in [1.807, 2.05) is 11.9 Å². The average Bonchev–Trinajstić information content (AvgIpc) is 3.29. The van der Waals surface area contributed by atoms with Gasteiger partial charge in [-0.25, -0.2) is 5.01 Å². The molecule has 2 fully saturated rings. The number of hydrogen-bond acceptors (Lipinski definition) is 3. The van der Waals surface area contributed by atoms with Gasteiger partial charge in [0, 0.05) is 37.8 Å². The maximum absolute atomic E-state index is 12.6. The lowest BCUT2D eigenvalue weighted by atomic mass is 10.2. The van der Waals surface area contributed by atoms with Crippen molar-refractivity contribution in [1.29, 1.82) is 0 Å². The number of carbonyl (C=O) groups excluding carboxylic acids is 1. The van der Waals surface area contributed by atoms with Crippen LogP contribution in [0.2, 0.25) is 5.15 Å². The maximum atomic E-state index is 12.6. The molecule has 6 nitrogen and oxygen atoms in total. The van der Waals surface area contributed by atoms with Gasteiger partial charge in [-0.05, 0) is 44.5 Å². The molecule has 1 aromatic rings. The largest absolute Gasteiger partial charge is 0.358 e. The Bertz CT molecular complexity index is 695. The molecule has 2 aliphatic rings. The zero-order valence-electron chi connectivity index (χ0n) is 14.7. The van der Waals surface area contributed by atoms with Crippen molar-refractivity contribution in [2.75, 3.05) is 13.1 Å². The molecule has 0 aromatic carbocycles. The molecule has 1 aromatic heterocycles. The first-order chi connectivity index (χ1) is 12.0. The molecule has 0 atom stereocenters. The quantitative estimate of drug-likeness (QED) is 0.644. The Labute approximate surface area is 158 Å². The van der Waals surface area contributed by atoms with Crippen molar-refractivity contribution in [3.63, 3.8) is 0 Å². The van der Waals surface area contributed by atoms with Crippen LogP contribution in [0, 0.1) is 6.92 Å². The molecule has 0 spiro atoms. The van der Waals surface area contributed by atoms with Gasteiger partial charge in [0.05, 0.1) is 5.69 Å². The number of nitrogens with zero attached hydrogens (tertiary/aromatic N) is 4. The molecule has 1 aliphatic heterocycles. The van der Waals surface area contributed by atoms with E-state index in [-0.39, 0.29) is 5.91 Å². The summed E-state index contributed by atoms with van der Waals surface area (Å²) >= 11 is 11.7. The Kier molecular flexibility index (Phi) is 5.64. The van der Waals surface area contributed by atoms with E-state index in [0.717, 1.165) is 37.1 Å². The number of aromatic nitrogens is 2. The van der Waals surface area contributed by atoms with Gasteiger partial charge < -0.3 is 5.32 Å². The number of aryl methyl sites for hydroxylation is 2. The Morgan fingerprint density at radius 1 is 1.28 bits per heavy atom. The van der Waals surface area contributed by atoms with Crippen molar-refractivity contribution in [2.24, 2.45) is 7.05 Å². The number of nitrogens with one attached hydrogen (secondary N) is 1. The number of halogens is 1. The average molecular weight is 382 g/mol. The second-order valence-corrected chi connectivity index (χ2v) is 7.36. The summed E-state index contributed by atoms with van der Waals surface area (Å²) in [6.45, 7) is 3.32. The minimum atomic E-state index is -0.0904. The summed E-state index contributed by atoms with van der Waals surface area (Å²) < 4.78 is 1.60. The van der Waals surface area contributed by atoms with Gasteiger partial charge in [0.25, 0.3) is 5.91 Å². The molecule has 0 unspecified atom stereocenters. The van der Waals surface area contributed by atoms with E-state index in [4.69, 9.17) is 23.8 Å². The van der Waals surface area contributed by atoms with Gasteiger partial charge in [-0.2, -0.15) is 5.10 Å². The van der Waals surface area contributed by atoms with Crippen molar-refractivity contribution < 1.29 is 4.79 Å². The number of carbonyl (C=O) groups is 1. The molecule has 3 rings (SSSR count). The number of thiocarbonyl (C=S) groups is 1. The molecule has 0 radical (unpaired) electrons. The lowest BCUT2D eigenvalue weighted by Gasteiger charge is -2.30. The van der Waals surface area contributed by atoms with Crippen LogP contribution in [-0.2, 0) is 11.8 Å². The predicted octanol–water partition coefficient (Wildman–Crippen LogP) is 2.66. The van der Waals surface area contributed by atoms with E-state index >= 15 is 0 Å². The molecule has 25 heavy (non-hydrogen) atoms. The zero-order chi connectivity index (χ0) is 18.0. The normalized spacial score (nSPS) is 18.5. The molecular weight excluding hydrogens is 358 g/mol. The molecule has 136 valence electrons. The Morgan fingerprint density at radius 2 is 1.96 bits per heavy atom. The van der Waals surface area contributed by atoms with Crippen LogP contribution in [0.5, 0.6) is 0 Å². The van der Waals surface area contributed by atoms with E-state index in [9.17, 15) is 4.79 Å². The first-order valence-electron chi connectivity index (χ1n) is 8.74. The van der Waals surface area contributed by atoms with Crippen LogP contribution < -0.4 is 5.32 Å². The molecule has 8 heteroatoms. The van der Waals surface area contributed by atoms with Crippen LogP contribution in [0.25, 0.3) is 6.08 Å². The fourth-order valence-electron chi connectivity index (χ4n) is 3.45. The highest BCUT2D eigenvalue weighted by molar-refractivity contribution is 7.80. The van der Waals surface area contributed by atoms with Gasteiger partial charge in [0.2, 0.25) is 0 Å². The van der Waals surface area contributed by atoms with E-state index < -0.39 is 0 Å². The first kappa shape index (κ1) is 18.2. The summed E-state index contributed by atoms with van der Waals surface area (Å²) in [6.07, 6.45) is 9.00. The minimum Gasteiger partial charge on any atom is -0.358 e. The molecule has 1 amide bonds. The fourth-order valence-corrected chi connectivity index (χ4v) is 4.04. The second-order valence-electron chi connectivity index (χ2n) is 6.62. The smallest absolute Gasteiger partial charge is 0.265 e. The first-order valence-corrected chi connectivity index (χ1v) is 9.52. The number of rotatable bonds is 3. The van der Waals surface area contributed by atoms with E-state index in [0.29, 0.717) is 22.9 Å². The van der Waals surface area contributed by atoms with Gasteiger partial charge in [-0.15, -0.1) is 0 Å². The van der Waals surface area contributed by atoms with Gasteiger partial charge in [-0.3, -0.25) is 14.5 Å². The van der Waals surface area contributed by atoms with Crippen LogP contribution in [0.15, 0.2) is 6.08 Å². The highest BCUT2D eigenvalue weighted by atomic mass is 35.5. The van der Waals surface area contributed by atoms with Gasteiger partial charge >= 0.3 is 0 Å². The van der Waals surface area contributed by atoms with Crippen molar-refractivity contribution in [1.82, 2.24) is 25.1 Å². The summed E-state index contributed by atoms with van der Waals surface area (Å²) in [5.74, 6) is -0.0904. The summed E-state index contributed by atoms with van der Waals surface area (Å²) in [6, 6.07) is 0.442. The van der Waals surface area contributed by atoms with Crippen LogP contribution in [0.1, 0.15) is 43.4 Å². The molecule has 1 aliphatic carbocycles. The van der Waals surface area contributed by atoms with Gasteiger partial charge in [0.1, 0.15) is 5.15 Å². The van der Waals surface area contributed by atoms with Crippen molar-refractivity contribution in [3.8, 4) is 0 Å². The third kappa shape index (κ3) is 3.98. The van der Waals surface area contributed by atoms with Crippen LogP contribution in [0.3, 0.4) is 0 Å². The van der Waals surface area contributed by atoms with Crippen LogP contribution >= 0.6 is 23.8 Å². The minimum absolute atomic E-state index is 0.0904. The third-order valence-corrected chi connectivity index (χ3v) is 5.57. The highest BCUT2D eigenvalue weighted by Crippen LogP contribution is 2.21. The number of hydrogen-bond donors (Lipinski definition) is 1. The topological polar surface area (TPSA) is 53.4 Å². The van der Waals surface area contributed by atoms with Crippen molar-refractivity contribution >= 4 is 40.9 Å². The second kappa shape index (κ2) is 7.74. The summed E-state index contributed by atoms with van der Waals surface area (Å²) in [5.41, 5.74) is 1.57. The number of hydrazine groups is 1.